The van der Waals surface area contributed by atoms with Gasteiger partial charge in [0.05, 0.1) is 30.6 Å². The van der Waals surface area contributed by atoms with Gasteiger partial charge in [0.2, 0.25) is 6.79 Å². The molecule has 4 rings (SSSR count). The van der Waals surface area contributed by atoms with Gasteiger partial charge in [0.15, 0.2) is 11.5 Å². The van der Waals surface area contributed by atoms with Crippen molar-refractivity contribution in [3.05, 3.63) is 35.2 Å². The molecule has 1 unspecified atom stereocenters. The Morgan fingerprint density at radius 3 is 3.04 bits per heavy atom. The summed E-state index contributed by atoms with van der Waals surface area (Å²) >= 11 is 0. The van der Waals surface area contributed by atoms with E-state index in [2.05, 4.69) is 15.5 Å². The molecule has 1 aromatic heterocycles. The predicted molar refractivity (Wildman–Crippen MR) is 89.9 cm³/mol. The summed E-state index contributed by atoms with van der Waals surface area (Å²) in [5, 5.41) is 10.2. The van der Waals surface area contributed by atoms with Gasteiger partial charge in [-0.15, -0.1) is 0 Å². The molecular weight excluding hydrogens is 324 g/mol. The second-order valence-corrected chi connectivity index (χ2v) is 6.10. The summed E-state index contributed by atoms with van der Waals surface area (Å²) in [5.74, 6) is 1.20. The number of rotatable bonds is 2. The molecule has 0 spiro atoms. The van der Waals surface area contributed by atoms with Gasteiger partial charge in [0, 0.05) is 17.8 Å². The molecule has 1 aromatic carbocycles. The Kier molecular flexibility index (Phi) is 3.96. The first kappa shape index (κ1) is 15.8. The number of aromatic nitrogens is 2. The molecule has 8 heteroatoms. The molecule has 0 radical (unpaired) electrons. The minimum atomic E-state index is -0.197. The first-order chi connectivity index (χ1) is 12.1. The lowest BCUT2D eigenvalue weighted by Crippen LogP contribution is -2.45. The number of carbonyl (C=O) groups excluding carboxylic acids is 1. The number of hydrogen-bond acceptors (Lipinski definition) is 5. The van der Waals surface area contributed by atoms with Crippen LogP contribution in [0.25, 0.3) is 0 Å². The van der Waals surface area contributed by atoms with Crippen molar-refractivity contribution in [3.8, 4) is 11.5 Å². The number of aryl methyl sites for hydroxylation is 2. The maximum absolute atomic E-state index is 12.9. The van der Waals surface area contributed by atoms with E-state index in [-0.39, 0.29) is 18.9 Å². The zero-order chi connectivity index (χ0) is 17.4. The SMILES string of the molecule is Cc1n[nH]c(C)c1C1COCCN1C(=O)Nc1cccc2c1OCO2. The number of nitrogens with zero attached hydrogens (tertiary/aromatic N) is 2. The van der Waals surface area contributed by atoms with Crippen LogP contribution in [0.2, 0.25) is 0 Å². The Bertz CT molecular complexity index is 784. The van der Waals surface area contributed by atoms with E-state index in [1.807, 2.05) is 26.0 Å². The number of amides is 2. The number of benzene rings is 1. The van der Waals surface area contributed by atoms with Crippen molar-refractivity contribution in [1.82, 2.24) is 15.1 Å². The minimum absolute atomic E-state index is 0.163. The second kappa shape index (κ2) is 6.29. The average Bonchev–Trinajstić information content (AvgIpc) is 3.22. The molecule has 132 valence electrons. The van der Waals surface area contributed by atoms with Crippen molar-refractivity contribution in [1.29, 1.82) is 0 Å². The maximum atomic E-state index is 12.9. The van der Waals surface area contributed by atoms with Gasteiger partial charge in [-0.2, -0.15) is 5.10 Å². The van der Waals surface area contributed by atoms with Crippen LogP contribution >= 0.6 is 0 Å². The van der Waals surface area contributed by atoms with Crippen molar-refractivity contribution < 1.29 is 19.0 Å². The Morgan fingerprint density at radius 1 is 1.36 bits per heavy atom. The topological polar surface area (TPSA) is 88.7 Å². The van der Waals surface area contributed by atoms with Crippen molar-refractivity contribution >= 4 is 11.7 Å². The van der Waals surface area contributed by atoms with Gasteiger partial charge < -0.3 is 24.4 Å². The lowest BCUT2D eigenvalue weighted by Gasteiger charge is -2.36. The third kappa shape index (κ3) is 2.78. The second-order valence-electron chi connectivity index (χ2n) is 6.10. The molecule has 2 N–H and O–H groups in total. The minimum Gasteiger partial charge on any atom is -0.454 e. The third-order valence-corrected chi connectivity index (χ3v) is 4.55. The number of H-pyrrole nitrogens is 1. The fourth-order valence-electron chi connectivity index (χ4n) is 3.35. The summed E-state index contributed by atoms with van der Waals surface area (Å²) in [6.45, 7) is 5.50. The molecule has 0 saturated carbocycles. The lowest BCUT2D eigenvalue weighted by atomic mass is 10.0. The Labute approximate surface area is 145 Å². The van der Waals surface area contributed by atoms with Crippen molar-refractivity contribution in [2.24, 2.45) is 0 Å². The molecule has 2 amide bonds. The van der Waals surface area contributed by atoms with Crippen LogP contribution in [0.15, 0.2) is 18.2 Å². The van der Waals surface area contributed by atoms with E-state index in [1.54, 1.807) is 11.0 Å². The summed E-state index contributed by atoms with van der Waals surface area (Å²) in [7, 11) is 0. The van der Waals surface area contributed by atoms with Gasteiger partial charge in [-0.1, -0.05) is 6.07 Å². The highest BCUT2D eigenvalue weighted by Crippen LogP contribution is 2.39. The first-order valence-electron chi connectivity index (χ1n) is 8.20. The number of para-hydroxylation sites is 1. The normalized spacial score (nSPS) is 19.1. The zero-order valence-electron chi connectivity index (χ0n) is 14.2. The van der Waals surface area contributed by atoms with Crippen LogP contribution in [-0.2, 0) is 4.74 Å². The fraction of sp³-hybridized carbons (Fsp3) is 0.412. The lowest BCUT2D eigenvalue weighted by molar-refractivity contribution is 0.0143. The average molecular weight is 344 g/mol. The van der Waals surface area contributed by atoms with Crippen LogP contribution in [0.1, 0.15) is 23.0 Å². The molecular formula is C17H20N4O4. The van der Waals surface area contributed by atoms with E-state index in [0.717, 1.165) is 17.0 Å². The van der Waals surface area contributed by atoms with Gasteiger partial charge in [-0.05, 0) is 26.0 Å². The van der Waals surface area contributed by atoms with E-state index >= 15 is 0 Å². The van der Waals surface area contributed by atoms with E-state index in [9.17, 15) is 4.79 Å². The summed E-state index contributed by atoms with van der Waals surface area (Å²) in [6.07, 6.45) is 0. The summed E-state index contributed by atoms with van der Waals surface area (Å²) < 4.78 is 16.4. The summed E-state index contributed by atoms with van der Waals surface area (Å²) in [5.41, 5.74) is 3.44. The van der Waals surface area contributed by atoms with E-state index in [0.29, 0.717) is 36.9 Å². The highest BCUT2D eigenvalue weighted by Gasteiger charge is 2.32. The van der Waals surface area contributed by atoms with Crippen LogP contribution < -0.4 is 14.8 Å². The number of hydrogen-bond donors (Lipinski definition) is 2. The highest BCUT2D eigenvalue weighted by atomic mass is 16.7. The van der Waals surface area contributed by atoms with Crippen LogP contribution in [0.3, 0.4) is 0 Å². The molecule has 25 heavy (non-hydrogen) atoms. The Balaban J connectivity index is 1.59. The van der Waals surface area contributed by atoms with Crippen molar-refractivity contribution in [2.45, 2.75) is 19.9 Å². The first-order valence-corrected chi connectivity index (χ1v) is 8.20. The van der Waals surface area contributed by atoms with E-state index < -0.39 is 0 Å². The van der Waals surface area contributed by atoms with Crippen LogP contribution in [0, 0.1) is 13.8 Å². The number of anilines is 1. The molecule has 8 nitrogen and oxygen atoms in total. The predicted octanol–water partition coefficient (Wildman–Crippen LogP) is 2.36. The number of urea groups is 1. The number of aromatic amines is 1. The molecule has 2 aliphatic rings. The zero-order valence-corrected chi connectivity index (χ0v) is 14.2. The molecule has 3 heterocycles. The Hall–Kier alpha value is -2.74. The number of ether oxygens (including phenoxy) is 3. The van der Waals surface area contributed by atoms with E-state index in [4.69, 9.17) is 14.2 Å². The fourth-order valence-corrected chi connectivity index (χ4v) is 3.35. The van der Waals surface area contributed by atoms with Gasteiger partial charge >= 0.3 is 6.03 Å². The molecule has 0 aliphatic carbocycles. The van der Waals surface area contributed by atoms with Gasteiger partial charge in [0.25, 0.3) is 0 Å². The summed E-state index contributed by atoms with van der Waals surface area (Å²) in [4.78, 5) is 14.7. The van der Waals surface area contributed by atoms with Crippen molar-refractivity contribution in [2.75, 3.05) is 31.9 Å². The standard InChI is InChI=1S/C17H20N4O4/c1-10-15(11(2)20-19-10)13-8-23-7-6-21(13)17(22)18-12-4-3-5-14-16(12)25-9-24-14/h3-5,13H,6-9H2,1-2H3,(H,18,22)(H,19,20). The van der Waals surface area contributed by atoms with Gasteiger partial charge in [-0.3, -0.25) is 5.10 Å². The quantitative estimate of drug-likeness (QED) is 0.873. The molecule has 1 fully saturated rings. The largest absolute Gasteiger partial charge is 0.454 e. The number of nitrogens with one attached hydrogen (secondary N) is 2. The van der Waals surface area contributed by atoms with Crippen LogP contribution in [-0.4, -0.2) is 47.7 Å². The summed E-state index contributed by atoms with van der Waals surface area (Å²) in [6, 6.07) is 5.06. The van der Waals surface area contributed by atoms with Crippen molar-refractivity contribution in [3.63, 3.8) is 0 Å². The van der Waals surface area contributed by atoms with E-state index in [1.165, 1.54) is 0 Å². The number of fused-ring (bicyclic) bond motifs is 1. The van der Waals surface area contributed by atoms with Crippen LogP contribution in [0.5, 0.6) is 11.5 Å². The molecule has 0 bridgehead atoms. The maximum Gasteiger partial charge on any atom is 0.322 e. The van der Waals surface area contributed by atoms with Gasteiger partial charge in [0.1, 0.15) is 0 Å². The Morgan fingerprint density at radius 2 is 2.24 bits per heavy atom. The molecule has 2 aromatic rings. The highest BCUT2D eigenvalue weighted by molar-refractivity contribution is 5.92. The molecule has 2 aliphatic heterocycles. The third-order valence-electron chi connectivity index (χ3n) is 4.55. The number of carbonyl (C=O) groups is 1. The smallest absolute Gasteiger partial charge is 0.322 e. The monoisotopic (exact) mass is 344 g/mol. The van der Waals surface area contributed by atoms with Crippen LogP contribution in [0.4, 0.5) is 10.5 Å². The molecule has 1 atom stereocenters. The van der Waals surface area contributed by atoms with Gasteiger partial charge in [-0.25, -0.2) is 4.79 Å². The number of morpholine rings is 1. The molecule has 1 saturated heterocycles.